The van der Waals surface area contributed by atoms with Gasteiger partial charge in [-0.05, 0) is 48.7 Å². The predicted octanol–water partition coefficient (Wildman–Crippen LogP) is 2.09. The van der Waals surface area contributed by atoms with Crippen molar-refractivity contribution in [2.45, 2.75) is 20.3 Å². The maximum absolute atomic E-state index is 12.0. The summed E-state index contributed by atoms with van der Waals surface area (Å²) >= 11 is 0. The molecule has 0 atom stereocenters. The number of amides is 2. The Kier molecular flexibility index (Phi) is 7.05. The van der Waals surface area contributed by atoms with Gasteiger partial charge in [0.1, 0.15) is 5.75 Å². The van der Waals surface area contributed by atoms with Crippen LogP contribution in [0.2, 0.25) is 0 Å². The number of hydrazine groups is 1. The van der Waals surface area contributed by atoms with Crippen molar-refractivity contribution in [1.29, 1.82) is 0 Å². The molecule has 27 heavy (non-hydrogen) atoms. The molecule has 0 aromatic heterocycles. The number of carbonyl (C=O) groups excluding carboxylic acids is 2. The van der Waals surface area contributed by atoms with Crippen LogP contribution in [0.25, 0.3) is 0 Å². The number of hydrogen-bond donors (Lipinski definition) is 2. The zero-order valence-electron chi connectivity index (χ0n) is 15.9. The molecule has 7 nitrogen and oxygen atoms in total. The number of rotatable bonds is 7. The lowest BCUT2D eigenvalue weighted by Gasteiger charge is -2.12. The first-order chi connectivity index (χ1) is 12.9. The van der Waals surface area contributed by atoms with Crippen molar-refractivity contribution in [2.24, 2.45) is 0 Å². The zero-order chi connectivity index (χ0) is 19.8. The molecule has 2 rings (SSSR count). The molecule has 0 heterocycles. The fourth-order valence-corrected chi connectivity index (χ4v) is 2.40. The highest BCUT2D eigenvalue weighted by Crippen LogP contribution is 2.27. The Labute approximate surface area is 158 Å². The monoisotopic (exact) mass is 372 g/mol. The van der Waals surface area contributed by atoms with E-state index in [1.165, 1.54) is 7.11 Å². The van der Waals surface area contributed by atoms with E-state index >= 15 is 0 Å². The number of carbonyl (C=O) groups is 2. The van der Waals surface area contributed by atoms with E-state index in [2.05, 4.69) is 10.9 Å². The molecule has 0 aliphatic carbocycles. The fourth-order valence-electron chi connectivity index (χ4n) is 2.40. The van der Waals surface area contributed by atoms with E-state index < -0.39 is 5.91 Å². The van der Waals surface area contributed by atoms with Crippen LogP contribution in [0.1, 0.15) is 16.7 Å². The van der Waals surface area contributed by atoms with Gasteiger partial charge < -0.3 is 14.2 Å². The second-order valence-corrected chi connectivity index (χ2v) is 6.02. The first-order valence-electron chi connectivity index (χ1n) is 8.41. The van der Waals surface area contributed by atoms with E-state index in [1.807, 2.05) is 32.0 Å². The van der Waals surface area contributed by atoms with Gasteiger partial charge in [-0.2, -0.15) is 0 Å². The van der Waals surface area contributed by atoms with E-state index in [-0.39, 0.29) is 18.9 Å². The number of hydrogen-bond acceptors (Lipinski definition) is 5. The quantitative estimate of drug-likeness (QED) is 0.727. The molecule has 7 heteroatoms. The molecule has 2 N–H and O–H groups in total. The molecular formula is C20H24N2O5. The summed E-state index contributed by atoms with van der Waals surface area (Å²) in [5.41, 5.74) is 7.41. The number of ether oxygens (including phenoxy) is 3. The second-order valence-electron chi connectivity index (χ2n) is 6.02. The lowest BCUT2D eigenvalue weighted by Crippen LogP contribution is -2.44. The summed E-state index contributed by atoms with van der Waals surface area (Å²) in [6.07, 6.45) is 0.0818. The van der Waals surface area contributed by atoms with Gasteiger partial charge in [0.2, 0.25) is 5.91 Å². The maximum Gasteiger partial charge on any atom is 0.276 e. The van der Waals surface area contributed by atoms with Crippen LogP contribution in [0.4, 0.5) is 0 Å². The highest BCUT2D eigenvalue weighted by Gasteiger charge is 2.10. The molecule has 0 saturated heterocycles. The molecule has 0 bridgehead atoms. The molecule has 144 valence electrons. The minimum absolute atomic E-state index is 0.0818. The van der Waals surface area contributed by atoms with Crippen LogP contribution in [-0.2, 0) is 16.0 Å². The van der Waals surface area contributed by atoms with Crippen LogP contribution in [0, 0.1) is 13.8 Å². The van der Waals surface area contributed by atoms with Gasteiger partial charge in [-0.15, -0.1) is 0 Å². The Hall–Kier alpha value is -3.22. The number of nitrogens with one attached hydrogen (secondary N) is 2. The lowest BCUT2D eigenvalue weighted by molar-refractivity contribution is -0.129. The highest BCUT2D eigenvalue weighted by atomic mass is 16.5. The third-order valence-electron chi connectivity index (χ3n) is 3.86. The fraction of sp³-hybridized carbons (Fsp3) is 0.300. The SMILES string of the molecule is COc1ccc(CC(=O)NNC(=O)COc2cc(C)ccc2C)cc1OC. The van der Waals surface area contributed by atoms with Crippen molar-refractivity contribution in [1.82, 2.24) is 10.9 Å². The third kappa shape index (κ3) is 5.91. The Morgan fingerprint density at radius 1 is 0.852 bits per heavy atom. The van der Waals surface area contributed by atoms with Crippen molar-refractivity contribution in [3.8, 4) is 17.2 Å². The average Bonchev–Trinajstić information content (AvgIpc) is 2.66. The van der Waals surface area contributed by atoms with Gasteiger partial charge in [0, 0.05) is 0 Å². The summed E-state index contributed by atoms with van der Waals surface area (Å²) in [4.78, 5) is 23.9. The van der Waals surface area contributed by atoms with E-state index in [0.29, 0.717) is 17.2 Å². The van der Waals surface area contributed by atoms with Crippen molar-refractivity contribution in [2.75, 3.05) is 20.8 Å². The molecule has 0 saturated carbocycles. The maximum atomic E-state index is 12.0. The first-order valence-corrected chi connectivity index (χ1v) is 8.41. The zero-order valence-corrected chi connectivity index (χ0v) is 15.9. The van der Waals surface area contributed by atoms with E-state index in [0.717, 1.165) is 16.7 Å². The van der Waals surface area contributed by atoms with Crippen LogP contribution in [0.3, 0.4) is 0 Å². The molecule has 0 spiro atoms. The lowest BCUT2D eigenvalue weighted by atomic mass is 10.1. The number of aryl methyl sites for hydroxylation is 2. The van der Waals surface area contributed by atoms with Gasteiger partial charge in [-0.1, -0.05) is 18.2 Å². The van der Waals surface area contributed by atoms with Crippen LogP contribution in [-0.4, -0.2) is 32.6 Å². The van der Waals surface area contributed by atoms with Crippen LogP contribution in [0.5, 0.6) is 17.2 Å². The van der Waals surface area contributed by atoms with Crippen LogP contribution in [0.15, 0.2) is 36.4 Å². The minimum atomic E-state index is -0.448. The standard InChI is InChI=1S/C20H24N2O5/c1-13-5-6-14(2)17(9-13)27-12-20(24)22-21-19(23)11-15-7-8-16(25-3)18(10-15)26-4/h5-10H,11-12H2,1-4H3,(H,21,23)(H,22,24). The molecule has 0 fully saturated rings. The summed E-state index contributed by atoms with van der Waals surface area (Å²) in [6.45, 7) is 3.65. The summed E-state index contributed by atoms with van der Waals surface area (Å²) < 4.78 is 15.9. The smallest absolute Gasteiger partial charge is 0.276 e. The normalized spacial score (nSPS) is 10.1. The molecule has 2 amide bonds. The third-order valence-corrected chi connectivity index (χ3v) is 3.86. The van der Waals surface area contributed by atoms with Gasteiger partial charge in [0.05, 0.1) is 20.6 Å². The van der Waals surface area contributed by atoms with Crippen molar-refractivity contribution >= 4 is 11.8 Å². The second kappa shape index (κ2) is 9.47. The van der Waals surface area contributed by atoms with E-state index in [9.17, 15) is 9.59 Å². The van der Waals surface area contributed by atoms with Gasteiger partial charge >= 0.3 is 0 Å². The molecule has 2 aromatic carbocycles. The molecule has 0 unspecified atom stereocenters. The van der Waals surface area contributed by atoms with Crippen molar-refractivity contribution in [3.63, 3.8) is 0 Å². The summed E-state index contributed by atoms with van der Waals surface area (Å²) in [6, 6.07) is 10.9. The van der Waals surface area contributed by atoms with Gasteiger partial charge in [-0.25, -0.2) is 0 Å². The van der Waals surface area contributed by atoms with Crippen molar-refractivity contribution < 1.29 is 23.8 Å². The Morgan fingerprint density at radius 2 is 1.56 bits per heavy atom. The van der Waals surface area contributed by atoms with Gasteiger partial charge in [0.25, 0.3) is 5.91 Å². The topological polar surface area (TPSA) is 85.9 Å². The van der Waals surface area contributed by atoms with Gasteiger partial charge in [-0.3, -0.25) is 20.4 Å². The number of methoxy groups -OCH3 is 2. The van der Waals surface area contributed by atoms with Crippen LogP contribution >= 0.6 is 0 Å². The first kappa shape index (κ1) is 20.1. The van der Waals surface area contributed by atoms with E-state index in [4.69, 9.17) is 14.2 Å². The Morgan fingerprint density at radius 3 is 2.26 bits per heavy atom. The summed E-state index contributed by atoms with van der Waals surface area (Å²) in [5, 5.41) is 0. The summed E-state index contributed by atoms with van der Waals surface area (Å²) in [7, 11) is 3.07. The van der Waals surface area contributed by atoms with E-state index in [1.54, 1.807) is 25.3 Å². The number of benzene rings is 2. The minimum Gasteiger partial charge on any atom is -0.493 e. The molecule has 0 aliphatic rings. The predicted molar refractivity (Wildman–Crippen MR) is 101 cm³/mol. The Balaban J connectivity index is 1.81. The van der Waals surface area contributed by atoms with Crippen LogP contribution < -0.4 is 25.1 Å². The van der Waals surface area contributed by atoms with Gasteiger partial charge in [0.15, 0.2) is 18.1 Å². The highest BCUT2D eigenvalue weighted by molar-refractivity contribution is 5.84. The summed E-state index contributed by atoms with van der Waals surface area (Å²) in [5.74, 6) is 0.952. The largest absolute Gasteiger partial charge is 0.493 e. The molecule has 2 aromatic rings. The molecular weight excluding hydrogens is 348 g/mol. The van der Waals surface area contributed by atoms with Crippen molar-refractivity contribution in [3.05, 3.63) is 53.1 Å². The average molecular weight is 372 g/mol. The molecule has 0 aliphatic heterocycles. The molecule has 0 radical (unpaired) electrons. The Bertz CT molecular complexity index is 820.